The summed E-state index contributed by atoms with van der Waals surface area (Å²) in [7, 11) is 0.430. The Balaban J connectivity index is 2.06. The molecule has 0 amide bonds. The normalized spacial score (nSPS) is 12.0. The first-order valence-corrected chi connectivity index (χ1v) is 15.0. The summed E-state index contributed by atoms with van der Waals surface area (Å²) in [4.78, 5) is 14.6. The summed E-state index contributed by atoms with van der Waals surface area (Å²) in [5.74, 6) is 0. The van der Waals surface area contributed by atoms with E-state index in [2.05, 4.69) is 0 Å². The second kappa shape index (κ2) is 8.66. The molecule has 0 bridgehead atoms. The summed E-state index contributed by atoms with van der Waals surface area (Å²) < 4.78 is 14.6. The quantitative estimate of drug-likeness (QED) is 0.428. The van der Waals surface area contributed by atoms with Crippen molar-refractivity contribution in [1.82, 2.24) is 0 Å². The van der Waals surface area contributed by atoms with Crippen LogP contribution in [0.4, 0.5) is 0 Å². The SMILES string of the molecule is O=P(P=P([O-])(c1ccccc1)c1ccccc1)(c1ccccc1)c1ccccc1. The topological polar surface area (TPSA) is 40.1 Å². The summed E-state index contributed by atoms with van der Waals surface area (Å²) in [6.07, 6.45) is 0. The Bertz CT molecular complexity index is 1090. The van der Waals surface area contributed by atoms with Crippen molar-refractivity contribution in [1.29, 1.82) is 0 Å². The molecule has 0 unspecified atom stereocenters. The predicted molar refractivity (Wildman–Crippen MR) is 126 cm³/mol. The van der Waals surface area contributed by atoms with E-state index in [0.29, 0.717) is 7.56 Å². The van der Waals surface area contributed by atoms with Gasteiger partial charge in [-0.05, 0) is 18.2 Å². The predicted octanol–water partition coefficient (Wildman–Crippen LogP) is 4.72. The van der Waals surface area contributed by atoms with E-state index >= 15 is 0 Å². The van der Waals surface area contributed by atoms with Gasteiger partial charge >= 0.3 is 0 Å². The van der Waals surface area contributed by atoms with Gasteiger partial charge in [-0.15, -0.1) is 0 Å². The van der Waals surface area contributed by atoms with E-state index in [1.54, 1.807) is 0 Å². The zero-order valence-corrected chi connectivity index (χ0v) is 18.4. The lowest BCUT2D eigenvalue weighted by atomic mass is 10.4. The second-order valence-corrected chi connectivity index (χ2v) is 16.7. The van der Waals surface area contributed by atoms with E-state index in [1.165, 1.54) is 0 Å². The first kappa shape index (κ1) is 20.1. The van der Waals surface area contributed by atoms with E-state index in [0.717, 1.165) is 21.2 Å². The van der Waals surface area contributed by atoms with E-state index in [1.807, 2.05) is 121 Å². The highest BCUT2D eigenvalue weighted by molar-refractivity contribution is 8.46. The van der Waals surface area contributed by atoms with Crippen molar-refractivity contribution < 1.29 is 9.46 Å². The van der Waals surface area contributed by atoms with Gasteiger partial charge in [-0.3, -0.25) is 0 Å². The van der Waals surface area contributed by atoms with Gasteiger partial charge in [-0.25, -0.2) is 0 Å². The van der Waals surface area contributed by atoms with Gasteiger partial charge in [0, 0.05) is 10.6 Å². The Labute approximate surface area is 173 Å². The molecule has 144 valence electrons. The molecule has 0 fully saturated rings. The average molecular weight is 433 g/mol. The third kappa shape index (κ3) is 4.09. The molecule has 4 aromatic carbocycles. The highest BCUT2D eigenvalue weighted by atomic mass is 32.3. The van der Waals surface area contributed by atoms with Gasteiger partial charge in [0.15, 0.2) is 6.83 Å². The van der Waals surface area contributed by atoms with E-state index < -0.39 is 13.6 Å². The number of benzene rings is 4. The van der Waals surface area contributed by atoms with Crippen LogP contribution >= 0.6 is 21.2 Å². The van der Waals surface area contributed by atoms with Crippen LogP contribution in [0.1, 0.15) is 0 Å². The average Bonchev–Trinajstić information content (AvgIpc) is 2.81. The number of rotatable bonds is 5. The monoisotopic (exact) mass is 433 g/mol. The molecular weight excluding hydrogens is 413 g/mol. The Morgan fingerprint density at radius 1 is 0.483 bits per heavy atom. The van der Waals surface area contributed by atoms with Gasteiger partial charge in [-0.2, -0.15) is 0 Å². The van der Waals surface area contributed by atoms with Crippen LogP contribution in [0, 0.1) is 0 Å². The summed E-state index contributed by atoms with van der Waals surface area (Å²) in [6, 6.07) is 37.7. The molecule has 0 saturated carbocycles. The van der Waals surface area contributed by atoms with E-state index in [4.69, 9.17) is 0 Å². The first-order valence-electron chi connectivity index (χ1n) is 9.30. The van der Waals surface area contributed by atoms with Crippen molar-refractivity contribution in [3.63, 3.8) is 0 Å². The minimum absolute atomic E-state index is 0.430. The molecule has 0 aliphatic rings. The smallest absolute Gasteiger partial charge is 0.187 e. The van der Waals surface area contributed by atoms with E-state index in [-0.39, 0.29) is 0 Å². The molecule has 29 heavy (non-hydrogen) atoms. The lowest BCUT2D eigenvalue weighted by Crippen LogP contribution is -2.24. The van der Waals surface area contributed by atoms with Gasteiger partial charge in [0.2, 0.25) is 0 Å². The fraction of sp³-hybridized carbons (Fsp3) is 0. The largest absolute Gasteiger partial charge is 0.819 e. The number of hydrogen-bond donors (Lipinski definition) is 0. The van der Waals surface area contributed by atoms with Crippen LogP contribution in [0.25, 0.3) is 0 Å². The molecule has 0 radical (unpaired) electrons. The maximum atomic E-state index is 14.6. The van der Waals surface area contributed by atoms with Crippen molar-refractivity contribution in [3.05, 3.63) is 121 Å². The summed E-state index contributed by atoms with van der Waals surface area (Å²) in [5.41, 5.74) is 0. The highest BCUT2D eigenvalue weighted by Gasteiger charge is 2.28. The molecule has 5 heteroatoms. The van der Waals surface area contributed by atoms with Gasteiger partial charge in [0.05, 0.1) is 0 Å². The Morgan fingerprint density at radius 2 is 0.759 bits per heavy atom. The summed E-state index contributed by atoms with van der Waals surface area (Å²) >= 11 is 0. The third-order valence-electron chi connectivity index (χ3n) is 4.68. The number of hydrogen-bond acceptors (Lipinski definition) is 2. The van der Waals surface area contributed by atoms with Crippen LogP contribution in [0.5, 0.6) is 0 Å². The Hall–Kier alpha value is -2.20. The standard InChI is InChI=1S/C24H20O2P3/c25-28(21-13-5-1-6-14-21,22-15-7-2-8-16-22)27-29(26,23-17-9-3-10-18-23)24-19-11-4-12-20-24/h1-20H/q-1. The van der Waals surface area contributed by atoms with Gasteiger partial charge in [0.25, 0.3) is 0 Å². The molecule has 0 aliphatic carbocycles. The molecule has 0 aromatic heterocycles. The molecule has 4 aromatic rings. The molecule has 4 rings (SSSR count). The van der Waals surface area contributed by atoms with Gasteiger partial charge in [0.1, 0.15) is 0 Å². The minimum atomic E-state index is -3.17. The summed E-state index contributed by atoms with van der Waals surface area (Å²) in [6.45, 7) is -6.33. The molecular formula is C24H20O2P3-. The Kier molecular flexibility index (Phi) is 6.00. The van der Waals surface area contributed by atoms with Crippen molar-refractivity contribution >= 4 is 42.4 Å². The van der Waals surface area contributed by atoms with Crippen LogP contribution in [0.3, 0.4) is 0 Å². The molecule has 0 spiro atoms. The van der Waals surface area contributed by atoms with Crippen molar-refractivity contribution in [2.75, 3.05) is 0 Å². The molecule has 2 nitrogen and oxygen atoms in total. The fourth-order valence-corrected chi connectivity index (χ4v) is 17.7. The molecule has 0 atom stereocenters. The maximum absolute atomic E-state index is 14.6. The van der Waals surface area contributed by atoms with Crippen molar-refractivity contribution in [3.8, 4) is 0 Å². The van der Waals surface area contributed by atoms with Crippen LogP contribution in [-0.2, 0) is 4.57 Å². The highest BCUT2D eigenvalue weighted by Crippen LogP contribution is 2.68. The molecule has 0 heterocycles. The van der Waals surface area contributed by atoms with E-state index in [9.17, 15) is 9.46 Å². The summed E-state index contributed by atoms with van der Waals surface area (Å²) in [5, 5.41) is 2.89. The molecule has 0 saturated heterocycles. The fourth-order valence-electron chi connectivity index (χ4n) is 3.20. The first-order chi connectivity index (χ1) is 14.1. The minimum Gasteiger partial charge on any atom is -0.819 e. The van der Waals surface area contributed by atoms with Crippen LogP contribution in [-0.4, -0.2) is 0 Å². The van der Waals surface area contributed by atoms with Gasteiger partial charge < -0.3 is 9.46 Å². The zero-order chi connectivity index (χ0) is 20.2. The molecule has 0 N–H and O–H groups in total. The van der Waals surface area contributed by atoms with Crippen LogP contribution in [0.15, 0.2) is 121 Å². The van der Waals surface area contributed by atoms with Crippen LogP contribution in [0.2, 0.25) is 0 Å². The zero-order valence-electron chi connectivity index (χ0n) is 15.7. The van der Waals surface area contributed by atoms with Gasteiger partial charge in [-0.1, -0.05) is 128 Å². The molecule has 0 aliphatic heterocycles. The third-order valence-corrected chi connectivity index (χ3v) is 18.0. The Morgan fingerprint density at radius 3 is 1.07 bits per heavy atom. The lowest BCUT2D eigenvalue weighted by Gasteiger charge is -2.35. The lowest BCUT2D eigenvalue weighted by molar-refractivity contribution is -0.154. The van der Waals surface area contributed by atoms with Crippen molar-refractivity contribution in [2.45, 2.75) is 0 Å². The maximum Gasteiger partial charge on any atom is 0.187 e. The second-order valence-electron chi connectivity index (χ2n) is 6.58. The van der Waals surface area contributed by atoms with Crippen LogP contribution < -0.4 is 26.1 Å². The van der Waals surface area contributed by atoms with Crippen molar-refractivity contribution in [2.24, 2.45) is 0 Å².